The van der Waals surface area contributed by atoms with Gasteiger partial charge in [-0.1, -0.05) is 12.2 Å². The summed E-state index contributed by atoms with van der Waals surface area (Å²) in [4.78, 5) is 13.2. The van der Waals surface area contributed by atoms with Crippen molar-refractivity contribution in [2.75, 3.05) is 6.73 Å². The van der Waals surface area contributed by atoms with E-state index in [-0.39, 0.29) is 12.0 Å². The number of carbonyl (C=O) groups excluding carboxylic acids is 1. The van der Waals surface area contributed by atoms with Crippen molar-refractivity contribution in [2.24, 2.45) is 0 Å². The Kier molecular flexibility index (Phi) is 4.14. The normalized spacial score (nSPS) is 24.9. The van der Waals surface area contributed by atoms with Crippen LogP contribution in [0.25, 0.3) is 0 Å². The summed E-state index contributed by atoms with van der Waals surface area (Å²) in [5, 5.41) is 0. The monoisotopic (exact) mass is 197 g/mol. The van der Waals surface area contributed by atoms with E-state index in [4.69, 9.17) is 4.74 Å². The van der Waals surface area contributed by atoms with Gasteiger partial charge in [0.1, 0.15) is 6.73 Å². The highest BCUT2D eigenvalue weighted by Gasteiger charge is 2.27. The van der Waals surface area contributed by atoms with Crippen LogP contribution in [-0.4, -0.2) is 29.7 Å². The molecular weight excluding hydrogens is 178 g/mol. The summed E-state index contributed by atoms with van der Waals surface area (Å²) in [7, 11) is 0. The third kappa shape index (κ3) is 2.84. The van der Waals surface area contributed by atoms with Crippen molar-refractivity contribution in [3.05, 3.63) is 12.2 Å². The molecule has 1 heterocycles. The second kappa shape index (κ2) is 5.15. The van der Waals surface area contributed by atoms with Gasteiger partial charge in [-0.05, 0) is 27.2 Å². The summed E-state index contributed by atoms with van der Waals surface area (Å²) in [6, 6.07) is 0.334. The first-order chi connectivity index (χ1) is 6.65. The first kappa shape index (κ1) is 11.2. The predicted octanol–water partition coefficient (Wildman–Crippen LogP) is 1.94. The molecule has 1 aliphatic heterocycles. The second-order valence-corrected chi connectivity index (χ2v) is 3.78. The lowest BCUT2D eigenvalue weighted by molar-refractivity contribution is -0.135. The lowest BCUT2D eigenvalue weighted by atomic mass is 10.2. The van der Waals surface area contributed by atoms with Crippen molar-refractivity contribution in [1.82, 2.24) is 4.90 Å². The van der Waals surface area contributed by atoms with E-state index < -0.39 is 0 Å². The van der Waals surface area contributed by atoms with E-state index in [2.05, 4.69) is 6.92 Å². The Morgan fingerprint density at radius 1 is 1.71 bits per heavy atom. The van der Waals surface area contributed by atoms with E-state index in [1.54, 1.807) is 4.90 Å². The number of likely N-dealkylation sites (tertiary alicyclic amines) is 1. The summed E-state index contributed by atoms with van der Waals surface area (Å²) in [6.45, 7) is 6.43. The Labute approximate surface area is 85.7 Å². The summed E-state index contributed by atoms with van der Waals surface area (Å²) in [6.07, 6.45) is 5.65. The van der Waals surface area contributed by atoms with E-state index in [9.17, 15) is 4.79 Å². The molecule has 2 atom stereocenters. The van der Waals surface area contributed by atoms with Gasteiger partial charge < -0.3 is 9.64 Å². The average molecular weight is 197 g/mol. The van der Waals surface area contributed by atoms with Gasteiger partial charge in [-0.15, -0.1) is 0 Å². The van der Waals surface area contributed by atoms with Crippen LogP contribution in [0, 0.1) is 0 Å². The topological polar surface area (TPSA) is 29.5 Å². The van der Waals surface area contributed by atoms with E-state index in [1.165, 1.54) is 0 Å². The van der Waals surface area contributed by atoms with Crippen LogP contribution in [0.2, 0.25) is 0 Å². The quantitative estimate of drug-likeness (QED) is 0.644. The molecule has 0 aromatic rings. The van der Waals surface area contributed by atoms with Crippen molar-refractivity contribution in [3.8, 4) is 0 Å². The lowest BCUT2D eigenvalue weighted by Crippen LogP contribution is -2.34. The Hall–Kier alpha value is -0.830. The zero-order chi connectivity index (χ0) is 10.6. The SMILES string of the molecule is C/C=C/[C@@H](C)OCN1C(=O)CC[C@H]1C. The van der Waals surface area contributed by atoms with Crippen molar-refractivity contribution < 1.29 is 9.53 Å². The van der Waals surface area contributed by atoms with Gasteiger partial charge in [0.2, 0.25) is 5.91 Å². The fraction of sp³-hybridized carbons (Fsp3) is 0.727. The van der Waals surface area contributed by atoms with E-state index in [1.807, 2.05) is 26.0 Å². The largest absolute Gasteiger partial charge is 0.354 e. The van der Waals surface area contributed by atoms with Crippen LogP contribution < -0.4 is 0 Å². The van der Waals surface area contributed by atoms with Crippen LogP contribution in [0.5, 0.6) is 0 Å². The summed E-state index contributed by atoms with van der Waals surface area (Å²) < 4.78 is 5.53. The van der Waals surface area contributed by atoms with Crippen LogP contribution in [0.1, 0.15) is 33.6 Å². The molecule has 0 aromatic heterocycles. The molecule has 1 saturated heterocycles. The number of amides is 1. The van der Waals surface area contributed by atoms with Crippen molar-refractivity contribution in [3.63, 3.8) is 0 Å². The first-order valence-corrected chi connectivity index (χ1v) is 5.19. The number of rotatable bonds is 4. The molecule has 0 unspecified atom stereocenters. The average Bonchev–Trinajstić information content (AvgIpc) is 2.44. The number of nitrogens with zero attached hydrogens (tertiary/aromatic N) is 1. The molecule has 1 fully saturated rings. The number of allylic oxidation sites excluding steroid dienone is 1. The molecule has 1 amide bonds. The van der Waals surface area contributed by atoms with Gasteiger partial charge >= 0.3 is 0 Å². The zero-order valence-corrected chi connectivity index (χ0v) is 9.19. The zero-order valence-electron chi connectivity index (χ0n) is 9.19. The predicted molar refractivity (Wildman–Crippen MR) is 55.8 cm³/mol. The van der Waals surface area contributed by atoms with Gasteiger partial charge in [0.05, 0.1) is 6.10 Å². The maximum atomic E-state index is 11.4. The summed E-state index contributed by atoms with van der Waals surface area (Å²) in [5.41, 5.74) is 0. The molecule has 1 rings (SSSR count). The third-order valence-electron chi connectivity index (χ3n) is 2.57. The van der Waals surface area contributed by atoms with Crippen molar-refractivity contribution >= 4 is 5.91 Å². The van der Waals surface area contributed by atoms with Gasteiger partial charge in [0.25, 0.3) is 0 Å². The summed E-state index contributed by atoms with van der Waals surface area (Å²) in [5.74, 6) is 0.213. The maximum absolute atomic E-state index is 11.4. The number of carbonyl (C=O) groups is 1. The highest BCUT2D eigenvalue weighted by molar-refractivity contribution is 5.78. The molecule has 14 heavy (non-hydrogen) atoms. The molecule has 80 valence electrons. The van der Waals surface area contributed by atoms with E-state index in [0.29, 0.717) is 19.2 Å². The molecule has 0 saturated carbocycles. The van der Waals surface area contributed by atoms with Gasteiger partial charge in [0.15, 0.2) is 0 Å². The Morgan fingerprint density at radius 3 is 2.93 bits per heavy atom. The minimum absolute atomic E-state index is 0.0839. The number of hydrogen-bond donors (Lipinski definition) is 0. The molecular formula is C11H19NO2. The highest BCUT2D eigenvalue weighted by Crippen LogP contribution is 2.17. The molecule has 0 radical (unpaired) electrons. The van der Waals surface area contributed by atoms with Gasteiger partial charge in [-0.3, -0.25) is 4.79 Å². The fourth-order valence-electron chi connectivity index (χ4n) is 1.60. The molecule has 1 aliphatic rings. The smallest absolute Gasteiger partial charge is 0.224 e. The Bertz CT molecular complexity index is 225. The van der Waals surface area contributed by atoms with Crippen LogP contribution in [0.15, 0.2) is 12.2 Å². The maximum Gasteiger partial charge on any atom is 0.224 e. The minimum Gasteiger partial charge on any atom is -0.354 e. The van der Waals surface area contributed by atoms with Gasteiger partial charge in [-0.2, -0.15) is 0 Å². The first-order valence-electron chi connectivity index (χ1n) is 5.19. The summed E-state index contributed by atoms with van der Waals surface area (Å²) >= 11 is 0. The number of ether oxygens (including phenoxy) is 1. The van der Waals surface area contributed by atoms with Gasteiger partial charge in [-0.25, -0.2) is 0 Å². The Morgan fingerprint density at radius 2 is 2.43 bits per heavy atom. The van der Waals surface area contributed by atoms with Crippen LogP contribution in [0.4, 0.5) is 0 Å². The molecule has 0 aromatic carbocycles. The molecule has 3 heteroatoms. The highest BCUT2D eigenvalue weighted by atomic mass is 16.5. The van der Waals surface area contributed by atoms with Crippen LogP contribution in [0.3, 0.4) is 0 Å². The third-order valence-corrected chi connectivity index (χ3v) is 2.57. The minimum atomic E-state index is 0.0839. The standard InChI is InChI=1S/C11H19NO2/c1-4-5-10(3)14-8-12-9(2)6-7-11(12)13/h4-5,9-10H,6-8H2,1-3H3/b5-4+/t9-,10-/m1/s1. The van der Waals surface area contributed by atoms with Crippen molar-refractivity contribution in [2.45, 2.75) is 45.8 Å². The van der Waals surface area contributed by atoms with Crippen molar-refractivity contribution in [1.29, 1.82) is 0 Å². The molecule has 3 nitrogen and oxygen atoms in total. The van der Waals surface area contributed by atoms with Gasteiger partial charge in [0, 0.05) is 12.5 Å². The lowest BCUT2D eigenvalue weighted by Gasteiger charge is -2.22. The second-order valence-electron chi connectivity index (χ2n) is 3.78. The van der Waals surface area contributed by atoms with Crippen LogP contribution in [-0.2, 0) is 9.53 Å². The Balaban J connectivity index is 2.33. The number of hydrogen-bond acceptors (Lipinski definition) is 2. The van der Waals surface area contributed by atoms with E-state index in [0.717, 1.165) is 6.42 Å². The molecule has 0 N–H and O–H groups in total. The molecule has 0 bridgehead atoms. The fourth-order valence-corrected chi connectivity index (χ4v) is 1.60. The molecule has 0 spiro atoms. The molecule has 0 aliphatic carbocycles. The van der Waals surface area contributed by atoms with E-state index >= 15 is 0 Å². The van der Waals surface area contributed by atoms with Crippen LogP contribution >= 0.6 is 0 Å².